The summed E-state index contributed by atoms with van der Waals surface area (Å²) >= 11 is 1.83. The minimum Gasteiger partial charge on any atom is -0.325 e. The van der Waals surface area contributed by atoms with Crippen molar-refractivity contribution in [3.8, 4) is 11.3 Å². The van der Waals surface area contributed by atoms with Gasteiger partial charge >= 0.3 is 0 Å². The van der Waals surface area contributed by atoms with Gasteiger partial charge in [-0.2, -0.15) is 0 Å². The Balaban J connectivity index is 2.26. The van der Waals surface area contributed by atoms with Gasteiger partial charge in [0, 0.05) is 17.0 Å². The third-order valence-electron chi connectivity index (χ3n) is 2.39. The van der Waals surface area contributed by atoms with Crippen molar-refractivity contribution in [1.82, 2.24) is 9.97 Å². The van der Waals surface area contributed by atoms with E-state index in [0.717, 1.165) is 22.7 Å². The van der Waals surface area contributed by atoms with Crippen molar-refractivity contribution in [3.63, 3.8) is 0 Å². The van der Waals surface area contributed by atoms with Crippen LogP contribution >= 0.6 is 11.8 Å². The summed E-state index contributed by atoms with van der Waals surface area (Å²) in [6, 6.07) is 10.3. The minimum atomic E-state index is 0.444. The average molecular weight is 245 g/mol. The topological polar surface area (TPSA) is 51.8 Å². The van der Waals surface area contributed by atoms with Crippen LogP contribution in [0.5, 0.6) is 0 Å². The molecule has 88 valence electrons. The van der Waals surface area contributed by atoms with Crippen LogP contribution in [-0.4, -0.2) is 15.7 Å². The van der Waals surface area contributed by atoms with Crippen LogP contribution < -0.4 is 5.73 Å². The first-order valence-corrected chi connectivity index (χ1v) is 6.56. The highest BCUT2D eigenvalue weighted by atomic mass is 32.2. The summed E-state index contributed by atoms with van der Waals surface area (Å²) in [7, 11) is 0. The molecule has 0 fully saturated rings. The summed E-state index contributed by atoms with van der Waals surface area (Å²) in [5, 5.41) is 0. The van der Waals surface area contributed by atoms with E-state index in [9.17, 15) is 0 Å². The highest BCUT2D eigenvalue weighted by Gasteiger charge is 2.01. The van der Waals surface area contributed by atoms with Crippen molar-refractivity contribution in [2.24, 2.45) is 5.73 Å². The number of thioether (sulfide) groups is 1. The van der Waals surface area contributed by atoms with E-state index in [-0.39, 0.29) is 0 Å². The van der Waals surface area contributed by atoms with Crippen molar-refractivity contribution in [3.05, 3.63) is 42.4 Å². The maximum absolute atomic E-state index is 5.57. The van der Waals surface area contributed by atoms with Gasteiger partial charge in [-0.05, 0) is 24.0 Å². The molecule has 4 heteroatoms. The molecule has 3 nitrogen and oxygen atoms in total. The summed E-state index contributed by atoms with van der Waals surface area (Å²) < 4.78 is 0. The summed E-state index contributed by atoms with van der Waals surface area (Å²) in [4.78, 5) is 9.63. The van der Waals surface area contributed by atoms with E-state index in [4.69, 9.17) is 5.73 Å². The van der Waals surface area contributed by atoms with Crippen LogP contribution in [-0.2, 0) is 6.54 Å². The first-order chi connectivity index (χ1) is 8.33. The van der Waals surface area contributed by atoms with Gasteiger partial charge in [0.2, 0.25) is 0 Å². The Kier molecular flexibility index (Phi) is 4.12. The van der Waals surface area contributed by atoms with Gasteiger partial charge in [0.05, 0.1) is 11.4 Å². The fourth-order valence-corrected chi connectivity index (χ4v) is 2.22. The zero-order chi connectivity index (χ0) is 12.1. The molecule has 0 aliphatic rings. The molecule has 0 aliphatic carbocycles. The maximum atomic E-state index is 5.57. The van der Waals surface area contributed by atoms with Crippen LogP contribution in [0.3, 0.4) is 0 Å². The molecule has 2 aromatic rings. The summed E-state index contributed by atoms with van der Waals surface area (Å²) in [6.45, 7) is 2.59. The molecule has 0 aliphatic heterocycles. The van der Waals surface area contributed by atoms with Crippen molar-refractivity contribution >= 4 is 11.8 Å². The number of hydrogen-bond acceptors (Lipinski definition) is 4. The lowest BCUT2D eigenvalue weighted by atomic mass is 10.1. The SMILES string of the molecule is CCSc1ccc(-c2cc(CN)ncn2)cc1. The van der Waals surface area contributed by atoms with Crippen LogP contribution in [0.4, 0.5) is 0 Å². The normalized spacial score (nSPS) is 10.5. The molecule has 1 heterocycles. The Morgan fingerprint density at radius 2 is 1.94 bits per heavy atom. The first-order valence-electron chi connectivity index (χ1n) is 5.57. The van der Waals surface area contributed by atoms with Crippen LogP contribution in [0.1, 0.15) is 12.6 Å². The molecule has 0 spiro atoms. The van der Waals surface area contributed by atoms with Gasteiger partial charge in [-0.25, -0.2) is 9.97 Å². The lowest BCUT2D eigenvalue weighted by Crippen LogP contribution is -2.00. The average Bonchev–Trinajstić information content (AvgIpc) is 2.40. The molecule has 0 amide bonds. The largest absolute Gasteiger partial charge is 0.325 e. The number of nitrogens with zero attached hydrogens (tertiary/aromatic N) is 2. The number of rotatable bonds is 4. The Hall–Kier alpha value is -1.39. The van der Waals surface area contributed by atoms with Gasteiger partial charge in [-0.1, -0.05) is 19.1 Å². The molecule has 17 heavy (non-hydrogen) atoms. The second kappa shape index (κ2) is 5.80. The monoisotopic (exact) mass is 245 g/mol. The molecule has 1 aromatic heterocycles. The first kappa shape index (κ1) is 12.1. The zero-order valence-electron chi connectivity index (χ0n) is 9.76. The third-order valence-corrected chi connectivity index (χ3v) is 3.29. The summed E-state index contributed by atoms with van der Waals surface area (Å²) in [6.07, 6.45) is 1.56. The van der Waals surface area contributed by atoms with Crippen molar-refractivity contribution in [2.75, 3.05) is 5.75 Å². The fraction of sp³-hybridized carbons (Fsp3) is 0.231. The van der Waals surface area contributed by atoms with Gasteiger partial charge < -0.3 is 5.73 Å². The molecule has 2 N–H and O–H groups in total. The maximum Gasteiger partial charge on any atom is 0.116 e. The Bertz CT molecular complexity index is 482. The Morgan fingerprint density at radius 1 is 1.18 bits per heavy atom. The van der Waals surface area contributed by atoms with E-state index in [2.05, 4.69) is 41.2 Å². The highest BCUT2D eigenvalue weighted by molar-refractivity contribution is 7.99. The quantitative estimate of drug-likeness (QED) is 0.841. The summed E-state index contributed by atoms with van der Waals surface area (Å²) in [5.41, 5.74) is 8.45. The van der Waals surface area contributed by atoms with Crippen LogP contribution in [0, 0.1) is 0 Å². The standard InChI is InChI=1S/C13H15N3S/c1-2-17-12-5-3-10(4-6-12)13-7-11(8-14)15-9-16-13/h3-7,9H,2,8,14H2,1H3. The molecule has 0 radical (unpaired) electrons. The molecular weight excluding hydrogens is 230 g/mol. The Labute approximate surface area is 105 Å². The van der Waals surface area contributed by atoms with Crippen LogP contribution in [0.25, 0.3) is 11.3 Å². The molecule has 0 saturated heterocycles. The number of benzene rings is 1. The van der Waals surface area contributed by atoms with E-state index in [1.54, 1.807) is 6.33 Å². The van der Waals surface area contributed by atoms with E-state index in [1.165, 1.54) is 4.90 Å². The number of aromatic nitrogens is 2. The van der Waals surface area contributed by atoms with E-state index in [1.807, 2.05) is 17.8 Å². The predicted molar refractivity (Wildman–Crippen MR) is 71.8 cm³/mol. The predicted octanol–water partition coefficient (Wildman–Crippen LogP) is 2.71. The van der Waals surface area contributed by atoms with E-state index in [0.29, 0.717) is 6.54 Å². The third kappa shape index (κ3) is 3.05. The van der Waals surface area contributed by atoms with E-state index < -0.39 is 0 Å². The van der Waals surface area contributed by atoms with Crippen LogP contribution in [0.2, 0.25) is 0 Å². The number of hydrogen-bond donors (Lipinski definition) is 1. The van der Waals surface area contributed by atoms with Crippen molar-refractivity contribution in [2.45, 2.75) is 18.4 Å². The molecule has 0 saturated carbocycles. The minimum absolute atomic E-state index is 0.444. The lowest BCUT2D eigenvalue weighted by molar-refractivity contribution is 0.966. The zero-order valence-corrected chi connectivity index (χ0v) is 10.6. The highest BCUT2D eigenvalue weighted by Crippen LogP contribution is 2.22. The lowest BCUT2D eigenvalue weighted by Gasteiger charge is -2.04. The van der Waals surface area contributed by atoms with Crippen molar-refractivity contribution < 1.29 is 0 Å². The van der Waals surface area contributed by atoms with Gasteiger partial charge in [-0.3, -0.25) is 0 Å². The fourth-order valence-electron chi connectivity index (χ4n) is 1.56. The molecule has 0 bridgehead atoms. The Morgan fingerprint density at radius 3 is 2.59 bits per heavy atom. The molecule has 0 atom stereocenters. The molecule has 2 rings (SSSR count). The summed E-state index contributed by atoms with van der Waals surface area (Å²) in [5.74, 6) is 1.09. The smallest absolute Gasteiger partial charge is 0.116 e. The van der Waals surface area contributed by atoms with Gasteiger partial charge in [0.25, 0.3) is 0 Å². The molecular formula is C13H15N3S. The number of nitrogens with two attached hydrogens (primary N) is 1. The van der Waals surface area contributed by atoms with Crippen LogP contribution in [0.15, 0.2) is 41.6 Å². The van der Waals surface area contributed by atoms with E-state index >= 15 is 0 Å². The second-order valence-electron chi connectivity index (χ2n) is 3.56. The van der Waals surface area contributed by atoms with Gasteiger partial charge in [0.15, 0.2) is 0 Å². The van der Waals surface area contributed by atoms with Crippen molar-refractivity contribution in [1.29, 1.82) is 0 Å². The van der Waals surface area contributed by atoms with Gasteiger partial charge in [0.1, 0.15) is 6.33 Å². The molecule has 1 aromatic carbocycles. The molecule has 0 unspecified atom stereocenters. The van der Waals surface area contributed by atoms with Gasteiger partial charge in [-0.15, -0.1) is 11.8 Å². The second-order valence-corrected chi connectivity index (χ2v) is 4.89.